The van der Waals surface area contributed by atoms with E-state index in [0.29, 0.717) is 16.2 Å². The molecule has 8 heteroatoms. The highest BCUT2D eigenvalue weighted by atomic mass is 35.5. The molecule has 0 bridgehead atoms. The van der Waals surface area contributed by atoms with Gasteiger partial charge in [-0.25, -0.2) is 4.79 Å². The molecular formula is C18H13ClN2O5. The van der Waals surface area contributed by atoms with Crippen molar-refractivity contribution in [1.82, 2.24) is 10.9 Å². The molecule has 2 aromatic carbocycles. The molecule has 0 aliphatic heterocycles. The van der Waals surface area contributed by atoms with Crippen molar-refractivity contribution in [2.45, 2.75) is 0 Å². The second kappa shape index (κ2) is 7.71. The van der Waals surface area contributed by atoms with Crippen molar-refractivity contribution >= 4 is 40.4 Å². The molecule has 1 aromatic heterocycles. The largest absolute Gasteiger partial charge is 0.450 e. The summed E-state index contributed by atoms with van der Waals surface area (Å²) >= 11 is 5.73. The predicted molar refractivity (Wildman–Crippen MR) is 93.6 cm³/mol. The van der Waals surface area contributed by atoms with Crippen LogP contribution in [-0.2, 0) is 9.53 Å². The zero-order valence-corrected chi connectivity index (χ0v) is 14.1. The monoisotopic (exact) mass is 372 g/mol. The molecule has 0 saturated heterocycles. The molecule has 132 valence electrons. The minimum absolute atomic E-state index is 0.0100. The highest BCUT2D eigenvalue weighted by Crippen LogP contribution is 2.19. The van der Waals surface area contributed by atoms with Gasteiger partial charge in [0.05, 0.1) is 0 Å². The van der Waals surface area contributed by atoms with Gasteiger partial charge in [0.2, 0.25) is 5.76 Å². The lowest BCUT2D eigenvalue weighted by Crippen LogP contribution is -2.43. The van der Waals surface area contributed by atoms with Gasteiger partial charge in [0.1, 0.15) is 5.58 Å². The molecule has 0 fully saturated rings. The van der Waals surface area contributed by atoms with E-state index in [4.69, 9.17) is 20.8 Å². The van der Waals surface area contributed by atoms with Crippen LogP contribution >= 0.6 is 11.6 Å². The van der Waals surface area contributed by atoms with E-state index in [0.717, 1.165) is 5.39 Å². The Morgan fingerprint density at radius 1 is 1.00 bits per heavy atom. The number of hydrogen-bond donors (Lipinski definition) is 2. The van der Waals surface area contributed by atoms with Crippen LogP contribution in [0.1, 0.15) is 20.9 Å². The number of furan rings is 1. The van der Waals surface area contributed by atoms with Crippen LogP contribution in [0.5, 0.6) is 0 Å². The van der Waals surface area contributed by atoms with Gasteiger partial charge in [-0.3, -0.25) is 20.4 Å². The lowest BCUT2D eigenvalue weighted by Gasteiger charge is -2.07. The summed E-state index contributed by atoms with van der Waals surface area (Å²) in [6.45, 7) is -0.573. The molecule has 1 heterocycles. The lowest BCUT2D eigenvalue weighted by atomic mass is 10.2. The number of fused-ring (bicyclic) bond motifs is 1. The minimum atomic E-state index is -0.777. The van der Waals surface area contributed by atoms with Gasteiger partial charge in [-0.15, -0.1) is 0 Å². The Morgan fingerprint density at radius 3 is 2.46 bits per heavy atom. The van der Waals surface area contributed by atoms with E-state index in [9.17, 15) is 14.4 Å². The number of para-hydroxylation sites is 1. The summed E-state index contributed by atoms with van der Waals surface area (Å²) in [6, 6.07) is 14.7. The third-order valence-electron chi connectivity index (χ3n) is 3.38. The maximum atomic E-state index is 11.9. The summed E-state index contributed by atoms with van der Waals surface area (Å²) in [7, 11) is 0. The molecule has 0 aliphatic rings. The number of rotatable bonds is 4. The maximum absolute atomic E-state index is 11.9. The van der Waals surface area contributed by atoms with Crippen molar-refractivity contribution in [2.24, 2.45) is 0 Å². The lowest BCUT2D eigenvalue weighted by molar-refractivity contribution is -0.125. The third kappa shape index (κ3) is 4.20. The number of hydrazine groups is 1. The van der Waals surface area contributed by atoms with Crippen LogP contribution in [0.4, 0.5) is 0 Å². The summed E-state index contributed by atoms with van der Waals surface area (Å²) in [5.74, 6) is -2.01. The quantitative estimate of drug-likeness (QED) is 0.542. The minimum Gasteiger partial charge on any atom is -0.450 e. The van der Waals surface area contributed by atoms with Crippen LogP contribution in [-0.4, -0.2) is 24.4 Å². The predicted octanol–water partition coefficient (Wildman–Crippen LogP) is 2.70. The second-order valence-electron chi connectivity index (χ2n) is 5.23. The fraction of sp³-hybridized carbons (Fsp3) is 0.0556. The van der Waals surface area contributed by atoms with Gasteiger partial charge in [-0.05, 0) is 36.4 Å². The average molecular weight is 373 g/mol. The Labute approximate surface area is 152 Å². The van der Waals surface area contributed by atoms with E-state index < -0.39 is 24.4 Å². The molecule has 2 N–H and O–H groups in total. The third-order valence-corrected chi connectivity index (χ3v) is 3.63. The van der Waals surface area contributed by atoms with Gasteiger partial charge < -0.3 is 9.15 Å². The topological polar surface area (TPSA) is 97.6 Å². The standard InChI is InChI=1S/C18H13ClN2O5/c19-13-7-5-11(6-8-13)17(23)21-20-16(22)10-25-18(24)15-9-12-3-1-2-4-14(12)26-15/h1-9H,10H2,(H,20,22)(H,21,23). The normalized spacial score (nSPS) is 10.3. The van der Waals surface area contributed by atoms with E-state index in [1.54, 1.807) is 30.3 Å². The van der Waals surface area contributed by atoms with Crippen molar-refractivity contribution in [3.63, 3.8) is 0 Å². The molecule has 0 spiro atoms. The van der Waals surface area contributed by atoms with E-state index in [1.165, 1.54) is 18.2 Å². The fourth-order valence-electron chi connectivity index (χ4n) is 2.12. The Hall–Kier alpha value is -3.32. The van der Waals surface area contributed by atoms with Crippen LogP contribution in [0, 0.1) is 0 Å². The van der Waals surface area contributed by atoms with Gasteiger partial charge in [-0.1, -0.05) is 29.8 Å². The van der Waals surface area contributed by atoms with Crippen molar-refractivity contribution in [3.8, 4) is 0 Å². The highest BCUT2D eigenvalue weighted by Gasteiger charge is 2.15. The smallest absolute Gasteiger partial charge is 0.374 e. The Morgan fingerprint density at radius 2 is 1.73 bits per heavy atom. The molecule has 0 atom stereocenters. The second-order valence-corrected chi connectivity index (χ2v) is 5.67. The summed E-state index contributed by atoms with van der Waals surface area (Å²) in [5.41, 5.74) is 5.21. The molecule has 0 radical (unpaired) electrons. The van der Waals surface area contributed by atoms with Crippen molar-refractivity contribution in [2.75, 3.05) is 6.61 Å². The number of hydrogen-bond acceptors (Lipinski definition) is 5. The zero-order valence-electron chi connectivity index (χ0n) is 13.3. The fourth-order valence-corrected chi connectivity index (χ4v) is 2.25. The number of amides is 2. The Balaban J connectivity index is 1.48. The SMILES string of the molecule is O=C(COC(=O)c1cc2ccccc2o1)NNC(=O)c1ccc(Cl)cc1. The van der Waals surface area contributed by atoms with Crippen LogP contribution < -0.4 is 10.9 Å². The van der Waals surface area contributed by atoms with E-state index >= 15 is 0 Å². The van der Waals surface area contributed by atoms with Crippen LogP contribution in [0.2, 0.25) is 5.02 Å². The molecule has 0 saturated carbocycles. The van der Waals surface area contributed by atoms with Gasteiger partial charge >= 0.3 is 5.97 Å². The molecule has 26 heavy (non-hydrogen) atoms. The first-order valence-electron chi connectivity index (χ1n) is 7.53. The number of halogens is 1. The van der Waals surface area contributed by atoms with Gasteiger partial charge in [0, 0.05) is 16.0 Å². The van der Waals surface area contributed by atoms with Crippen LogP contribution in [0.25, 0.3) is 11.0 Å². The summed E-state index contributed by atoms with van der Waals surface area (Å²) in [4.78, 5) is 35.4. The first-order chi connectivity index (χ1) is 12.5. The number of nitrogens with one attached hydrogen (secondary N) is 2. The van der Waals surface area contributed by atoms with Gasteiger partial charge in [-0.2, -0.15) is 0 Å². The Bertz CT molecular complexity index is 932. The first-order valence-corrected chi connectivity index (χ1v) is 7.91. The van der Waals surface area contributed by atoms with Crippen LogP contribution in [0.3, 0.4) is 0 Å². The highest BCUT2D eigenvalue weighted by molar-refractivity contribution is 6.30. The van der Waals surface area contributed by atoms with E-state index in [1.807, 2.05) is 6.07 Å². The summed E-state index contributed by atoms with van der Waals surface area (Å²) in [5, 5.41) is 1.24. The maximum Gasteiger partial charge on any atom is 0.374 e. The van der Waals surface area contributed by atoms with Gasteiger partial charge in [0.15, 0.2) is 6.61 Å². The average Bonchev–Trinajstić information content (AvgIpc) is 3.09. The molecule has 2 amide bonds. The number of esters is 1. The van der Waals surface area contributed by atoms with Gasteiger partial charge in [0.25, 0.3) is 11.8 Å². The van der Waals surface area contributed by atoms with Crippen molar-refractivity contribution < 1.29 is 23.5 Å². The number of ether oxygens (including phenoxy) is 1. The summed E-state index contributed by atoms with van der Waals surface area (Å²) in [6.07, 6.45) is 0. The molecule has 3 rings (SSSR count). The Kier molecular flexibility index (Phi) is 5.19. The first kappa shape index (κ1) is 17.5. The van der Waals surface area contributed by atoms with Crippen LogP contribution in [0.15, 0.2) is 59.0 Å². The molecular weight excluding hydrogens is 360 g/mol. The molecule has 7 nitrogen and oxygen atoms in total. The number of carbonyl (C=O) groups excluding carboxylic acids is 3. The summed E-state index contributed by atoms with van der Waals surface area (Å²) < 4.78 is 10.2. The molecule has 0 unspecified atom stereocenters. The van der Waals surface area contributed by atoms with Crippen molar-refractivity contribution in [1.29, 1.82) is 0 Å². The van der Waals surface area contributed by atoms with Crippen molar-refractivity contribution in [3.05, 3.63) is 70.9 Å². The molecule has 0 aliphatic carbocycles. The number of carbonyl (C=O) groups is 3. The molecule has 3 aromatic rings. The van der Waals surface area contributed by atoms with E-state index in [2.05, 4.69) is 10.9 Å². The van der Waals surface area contributed by atoms with E-state index in [-0.39, 0.29) is 5.76 Å². The number of benzene rings is 2. The zero-order chi connectivity index (χ0) is 18.5.